The summed E-state index contributed by atoms with van der Waals surface area (Å²) >= 11 is 0. The van der Waals surface area contributed by atoms with E-state index >= 15 is 0 Å². The normalized spacial score (nSPS) is 15.7. The number of aromatic nitrogens is 5. The molecule has 0 spiro atoms. The van der Waals surface area contributed by atoms with Crippen LogP contribution in [0.2, 0.25) is 0 Å². The average Bonchev–Trinajstić information content (AvgIpc) is 3.23. The first-order valence-electron chi connectivity index (χ1n) is 8.38. The minimum Gasteiger partial charge on any atom is -0.364 e. The van der Waals surface area contributed by atoms with E-state index in [0.717, 1.165) is 18.7 Å². The van der Waals surface area contributed by atoms with Crippen molar-refractivity contribution in [1.29, 1.82) is 0 Å². The lowest BCUT2D eigenvalue weighted by molar-refractivity contribution is -0.127. The highest BCUT2D eigenvalue weighted by Crippen LogP contribution is 2.20. The second kappa shape index (κ2) is 6.46. The fourth-order valence-electron chi connectivity index (χ4n) is 3.10. The molecule has 2 aromatic heterocycles. The van der Waals surface area contributed by atoms with Gasteiger partial charge in [-0.1, -0.05) is 23.4 Å². The minimum atomic E-state index is 0.0574. The maximum Gasteiger partial charge on any atom is 0.222 e. The van der Waals surface area contributed by atoms with Crippen LogP contribution < -0.4 is 5.32 Å². The van der Waals surface area contributed by atoms with Gasteiger partial charge in [0.15, 0.2) is 17.0 Å². The minimum absolute atomic E-state index is 0.0574. The van der Waals surface area contributed by atoms with Crippen molar-refractivity contribution in [1.82, 2.24) is 29.9 Å². The van der Waals surface area contributed by atoms with Gasteiger partial charge in [-0.15, -0.1) is 5.10 Å². The second-order valence-electron chi connectivity index (χ2n) is 6.22. The van der Waals surface area contributed by atoms with Crippen molar-refractivity contribution in [3.8, 4) is 5.69 Å². The predicted octanol–water partition coefficient (Wildman–Crippen LogP) is 1.63. The van der Waals surface area contributed by atoms with Gasteiger partial charge in [0.05, 0.1) is 5.69 Å². The standard InChI is InChI=1S/C17H19N7O/c1-12(10-23-9-5-8-14(23)25)20-16-15-17(19-11-18-16)24(22-21-15)13-6-3-2-4-7-13/h2-4,6-7,11-12H,5,8-10H2,1H3,(H,18,19,20)/t12-/m1/s1. The molecule has 1 amide bonds. The number of likely N-dealkylation sites (tertiary alicyclic amines) is 1. The molecule has 0 radical (unpaired) electrons. The first-order valence-corrected chi connectivity index (χ1v) is 8.38. The number of carbonyl (C=O) groups is 1. The Balaban J connectivity index is 1.58. The van der Waals surface area contributed by atoms with Crippen LogP contribution >= 0.6 is 0 Å². The molecule has 1 N–H and O–H groups in total. The zero-order valence-corrected chi connectivity index (χ0v) is 14.0. The van der Waals surface area contributed by atoms with Crippen molar-refractivity contribution >= 4 is 22.9 Å². The molecule has 0 aliphatic carbocycles. The topological polar surface area (TPSA) is 88.8 Å². The monoisotopic (exact) mass is 337 g/mol. The van der Waals surface area contributed by atoms with Crippen LogP contribution in [-0.4, -0.2) is 54.9 Å². The van der Waals surface area contributed by atoms with Crippen LogP contribution in [0.25, 0.3) is 16.9 Å². The molecular weight excluding hydrogens is 318 g/mol. The molecule has 8 nitrogen and oxygen atoms in total. The number of benzene rings is 1. The zero-order valence-electron chi connectivity index (χ0n) is 14.0. The van der Waals surface area contributed by atoms with Gasteiger partial charge in [-0.25, -0.2) is 9.97 Å². The molecule has 8 heteroatoms. The first-order chi connectivity index (χ1) is 12.2. The highest BCUT2D eigenvalue weighted by atomic mass is 16.2. The smallest absolute Gasteiger partial charge is 0.222 e. The molecule has 1 aliphatic heterocycles. The molecular formula is C17H19N7O. The Hall–Kier alpha value is -3.03. The predicted molar refractivity (Wildman–Crippen MR) is 93.4 cm³/mol. The third-order valence-corrected chi connectivity index (χ3v) is 4.29. The molecule has 0 saturated carbocycles. The van der Waals surface area contributed by atoms with E-state index < -0.39 is 0 Å². The fraction of sp³-hybridized carbons (Fsp3) is 0.353. The van der Waals surface area contributed by atoms with Crippen LogP contribution in [0.1, 0.15) is 19.8 Å². The summed E-state index contributed by atoms with van der Waals surface area (Å²) in [7, 11) is 0. The second-order valence-corrected chi connectivity index (χ2v) is 6.22. The van der Waals surface area contributed by atoms with Crippen LogP contribution in [-0.2, 0) is 4.79 Å². The summed E-state index contributed by atoms with van der Waals surface area (Å²) in [6.45, 7) is 3.51. The van der Waals surface area contributed by atoms with Gasteiger partial charge in [0.2, 0.25) is 5.91 Å². The molecule has 1 atom stereocenters. The Kier molecular flexibility index (Phi) is 4.01. The lowest BCUT2D eigenvalue weighted by Crippen LogP contribution is -2.35. The highest BCUT2D eigenvalue weighted by Gasteiger charge is 2.22. The lowest BCUT2D eigenvalue weighted by atomic mass is 10.3. The third kappa shape index (κ3) is 3.02. The van der Waals surface area contributed by atoms with Gasteiger partial charge in [-0.2, -0.15) is 4.68 Å². The van der Waals surface area contributed by atoms with E-state index in [9.17, 15) is 4.79 Å². The number of nitrogens with one attached hydrogen (secondary N) is 1. The van der Waals surface area contributed by atoms with Gasteiger partial charge in [0.25, 0.3) is 0 Å². The average molecular weight is 337 g/mol. The molecule has 25 heavy (non-hydrogen) atoms. The van der Waals surface area contributed by atoms with Crippen molar-refractivity contribution in [2.24, 2.45) is 0 Å². The van der Waals surface area contributed by atoms with E-state index in [1.807, 2.05) is 42.2 Å². The number of hydrogen-bond donors (Lipinski definition) is 1. The van der Waals surface area contributed by atoms with Gasteiger partial charge in [0, 0.05) is 25.6 Å². The molecule has 3 heterocycles. The van der Waals surface area contributed by atoms with Gasteiger partial charge in [0.1, 0.15) is 6.33 Å². The number of fused-ring (bicyclic) bond motifs is 1. The molecule has 4 rings (SSSR count). The summed E-state index contributed by atoms with van der Waals surface area (Å²) < 4.78 is 1.69. The van der Waals surface area contributed by atoms with E-state index in [2.05, 4.69) is 25.6 Å². The number of amides is 1. The Morgan fingerprint density at radius 2 is 2.08 bits per heavy atom. The molecule has 0 bridgehead atoms. The number of carbonyl (C=O) groups excluding carboxylic acids is 1. The summed E-state index contributed by atoms with van der Waals surface area (Å²) in [5.74, 6) is 0.850. The Bertz CT molecular complexity index is 892. The van der Waals surface area contributed by atoms with Crippen LogP contribution in [0.4, 0.5) is 5.82 Å². The molecule has 128 valence electrons. The summed E-state index contributed by atoms with van der Waals surface area (Å²) in [6.07, 6.45) is 3.09. The molecule has 0 unspecified atom stereocenters. The number of nitrogens with zero attached hydrogens (tertiary/aromatic N) is 6. The van der Waals surface area contributed by atoms with Crippen molar-refractivity contribution in [2.45, 2.75) is 25.8 Å². The quantitative estimate of drug-likeness (QED) is 0.761. The summed E-state index contributed by atoms with van der Waals surface area (Å²) in [6, 6.07) is 9.79. The summed E-state index contributed by atoms with van der Waals surface area (Å²) in [5.41, 5.74) is 2.16. The maximum absolute atomic E-state index is 11.8. The van der Waals surface area contributed by atoms with E-state index in [1.165, 1.54) is 6.33 Å². The number of rotatable bonds is 5. The van der Waals surface area contributed by atoms with Crippen molar-refractivity contribution in [2.75, 3.05) is 18.4 Å². The number of para-hydroxylation sites is 1. The van der Waals surface area contributed by atoms with Crippen molar-refractivity contribution < 1.29 is 4.79 Å². The summed E-state index contributed by atoms with van der Waals surface area (Å²) in [4.78, 5) is 22.3. The molecule has 1 aliphatic rings. The van der Waals surface area contributed by atoms with Gasteiger partial charge < -0.3 is 10.2 Å². The molecule has 1 saturated heterocycles. The van der Waals surface area contributed by atoms with E-state index in [4.69, 9.17) is 0 Å². The lowest BCUT2D eigenvalue weighted by Gasteiger charge is -2.21. The van der Waals surface area contributed by atoms with E-state index in [0.29, 0.717) is 29.9 Å². The zero-order chi connectivity index (χ0) is 17.2. The number of anilines is 1. The number of hydrogen-bond acceptors (Lipinski definition) is 6. The van der Waals surface area contributed by atoms with Crippen LogP contribution in [0, 0.1) is 0 Å². The largest absolute Gasteiger partial charge is 0.364 e. The van der Waals surface area contributed by atoms with E-state index in [-0.39, 0.29) is 11.9 Å². The fourth-order valence-corrected chi connectivity index (χ4v) is 3.10. The van der Waals surface area contributed by atoms with Gasteiger partial charge in [-0.05, 0) is 25.5 Å². The molecule has 3 aromatic rings. The Morgan fingerprint density at radius 3 is 2.84 bits per heavy atom. The highest BCUT2D eigenvalue weighted by molar-refractivity contribution is 5.83. The van der Waals surface area contributed by atoms with Crippen LogP contribution in [0.15, 0.2) is 36.7 Å². The molecule has 1 aromatic carbocycles. The van der Waals surface area contributed by atoms with Gasteiger partial charge in [-0.3, -0.25) is 4.79 Å². The van der Waals surface area contributed by atoms with E-state index in [1.54, 1.807) is 4.68 Å². The first kappa shape index (κ1) is 15.5. The van der Waals surface area contributed by atoms with Crippen LogP contribution in [0.3, 0.4) is 0 Å². The summed E-state index contributed by atoms with van der Waals surface area (Å²) in [5, 5.41) is 11.8. The maximum atomic E-state index is 11.8. The van der Waals surface area contributed by atoms with Gasteiger partial charge >= 0.3 is 0 Å². The Labute approximate surface area is 144 Å². The van der Waals surface area contributed by atoms with Crippen LogP contribution in [0.5, 0.6) is 0 Å². The molecule has 1 fully saturated rings. The van der Waals surface area contributed by atoms with Crippen molar-refractivity contribution in [3.05, 3.63) is 36.7 Å². The third-order valence-electron chi connectivity index (χ3n) is 4.29. The van der Waals surface area contributed by atoms with Crippen molar-refractivity contribution in [3.63, 3.8) is 0 Å². The Morgan fingerprint density at radius 1 is 1.24 bits per heavy atom. The SMILES string of the molecule is C[C@H](CN1CCCC1=O)Nc1ncnc2c1nnn2-c1ccccc1.